The van der Waals surface area contributed by atoms with E-state index < -0.39 is 45.2 Å². The van der Waals surface area contributed by atoms with Crippen molar-refractivity contribution >= 4 is 38.0 Å². The minimum absolute atomic E-state index is 0.0119. The van der Waals surface area contributed by atoms with Crippen LogP contribution in [-0.4, -0.2) is 59.4 Å². The summed E-state index contributed by atoms with van der Waals surface area (Å²) >= 11 is 0. The molecule has 1 fully saturated rings. The quantitative estimate of drug-likeness (QED) is 0.0635. The summed E-state index contributed by atoms with van der Waals surface area (Å²) in [7, 11) is -0.397. The molecule has 1 aliphatic rings. The van der Waals surface area contributed by atoms with E-state index in [1.807, 2.05) is 20.8 Å². The predicted molar refractivity (Wildman–Crippen MR) is 170 cm³/mol. The molecule has 6 N–H and O–H groups in total. The number of alkyl carbamates (subject to hydrolysis) is 1. The number of carbonyl (C=O) groups excluding carboxylic acids is 3. The maximum Gasteiger partial charge on any atom is 0.422 e. The summed E-state index contributed by atoms with van der Waals surface area (Å²) in [6.07, 6.45) is 1.31. The van der Waals surface area contributed by atoms with Crippen LogP contribution >= 0.6 is 8.81 Å². The Morgan fingerprint density at radius 3 is 2.42 bits per heavy atom. The number of amides is 2. The molecule has 45 heavy (non-hydrogen) atoms. The Bertz CT molecular complexity index is 1120. The molecule has 5 atom stereocenters. The minimum Gasteiger partial charge on any atom is -0.484 e. The number of carbonyl (C=O) groups is 3. The maximum absolute atomic E-state index is 12.6. The van der Waals surface area contributed by atoms with Crippen molar-refractivity contribution in [2.24, 2.45) is 17.8 Å². The Hall–Kier alpha value is -2.79. The number of nitrogens with two attached hydrogens (primary N) is 1. The van der Waals surface area contributed by atoms with Crippen molar-refractivity contribution in [2.45, 2.75) is 110 Å². The Morgan fingerprint density at radius 2 is 1.84 bits per heavy atom. The van der Waals surface area contributed by atoms with Gasteiger partial charge in [-0.15, -0.1) is 0 Å². The van der Waals surface area contributed by atoms with E-state index in [1.165, 1.54) is 18.2 Å². The SMILES string of the molecule is CCC(CC)[C@H](NC(=O)CNC(=O)OC1(C)C[C@H]1CCCCCC(Nc1ccc(OCC(F)(F)F)cc1N)PO)C(=O)C(C)C. The summed E-state index contributed by atoms with van der Waals surface area (Å²) in [5.74, 6) is -0.657. The Labute approximate surface area is 266 Å². The molecule has 1 aliphatic carbocycles. The minimum atomic E-state index is -4.44. The second-order valence-electron chi connectivity index (χ2n) is 12.3. The molecule has 10 nitrogen and oxygen atoms in total. The van der Waals surface area contributed by atoms with E-state index >= 15 is 0 Å². The van der Waals surface area contributed by atoms with Gasteiger partial charge in [0.25, 0.3) is 0 Å². The molecular formula is C31H50F3N4O6P. The van der Waals surface area contributed by atoms with Crippen molar-refractivity contribution in [3.05, 3.63) is 18.2 Å². The number of halogens is 3. The van der Waals surface area contributed by atoms with Crippen LogP contribution < -0.4 is 26.4 Å². The van der Waals surface area contributed by atoms with Crippen LogP contribution in [0, 0.1) is 17.8 Å². The molecule has 256 valence electrons. The van der Waals surface area contributed by atoms with E-state index in [0.717, 1.165) is 44.9 Å². The van der Waals surface area contributed by atoms with Gasteiger partial charge in [-0.25, -0.2) is 4.79 Å². The number of Topliss-reactive ketones (excluding diaryl/α,β-unsaturated/α-hetero) is 1. The molecule has 1 saturated carbocycles. The zero-order valence-electron chi connectivity index (χ0n) is 26.9. The highest BCUT2D eigenvalue weighted by molar-refractivity contribution is 7.32. The normalized spacial score (nSPS) is 19.4. The molecule has 0 radical (unpaired) electrons. The average Bonchev–Trinajstić information content (AvgIpc) is 3.62. The topological polar surface area (TPSA) is 152 Å². The second-order valence-corrected chi connectivity index (χ2v) is 13.2. The summed E-state index contributed by atoms with van der Waals surface area (Å²) in [4.78, 5) is 47.4. The summed E-state index contributed by atoms with van der Waals surface area (Å²) < 4.78 is 47.4. The van der Waals surface area contributed by atoms with Crippen molar-refractivity contribution in [1.29, 1.82) is 0 Å². The van der Waals surface area contributed by atoms with Gasteiger partial charge in [-0.2, -0.15) is 13.2 Å². The molecule has 0 aliphatic heterocycles. The van der Waals surface area contributed by atoms with Crippen LogP contribution in [-0.2, 0) is 14.3 Å². The lowest BCUT2D eigenvalue weighted by molar-refractivity contribution is -0.153. The van der Waals surface area contributed by atoms with Gasteiger partial charge in [0.1, 0.15) is 17.9 Å². The van der Waals surface area contributed by atoms with E-state index in [2.05, 4.69) is 16.0 Å². The number of anilines is 2. The molecule has 14 heteroatoms. The Balaban J connectivity index is 1.68. The average molecular weight is 663 g/mol. The third kappa shape index (κ3) is 13.2. The third-order valence-corrected chi connectivity index (χ3v) is 8.99. The largest absolute Gasteiger partial charge is 0.484 e. The van der Waals surface area contributed by atoms with Gasteiger partial charge in [0, 0.05) is 26.7 Å². The number of ketones is 1. The van der Waals surface area contributed by atoms with Crippen LogP contribution in [0.4, 0.5) is 29.3 Å². The standard InChI is InChI=1S/C31H50F3N4O6P/c1-6-20(7-2)27(28(40)19(3)4)38-25(39)17-36-29(41)44-30(5)16-21(30)11-9-8-10-12-26(45-42)37-24-14-13-22(15-23(24)35)43-18-31(32,33)34/h13-15,19-21,26-27,37,42,45H,6-12,16-18,35H2,1-5H3,(H,36,41)(H,38,39)/t21-,26?,27+,30?/m1/s1. The molecule has 0 spiro atoms. The first-order valence-electron chi connectivity index (χ1n) is 15.7. The van der Waals surface area contributed by atoms with E-state index in [1.54, 1.807) is 13.8 Å². The fraction of sp³-hybridized carbons (Fsp3) is 0.710. The summed E-state index contributed by atoms with van der Waals surface area (Å²) in [6.45, 7) is 7.78. The van der Waals surface area contributed by atoms with Gasteiger partial charge < -0.3 is 36.1 Å². The van der Waals surface area contributed by atoms with Gasteiger partial charge in [0.05, 0.1) is 23.2 Å². The van der Waals surface area contributed by atoms with Crippen LogP contribution in [0.15, 0.2) is 18.2 Å². The van der Waals surface area contributed by atoms with E-state index in [4.69, 9.17) is 15.2 Å². The van der Waals surface area contributed by atoms with Gasteiger partial charge in [0.15, 0.2) is 12.4 Å². The van der Waals surface area contributed by atoms with E-state index in [-0.39, 0.29) is 47.3 Å². The smallest absolute Gasteiger partial charge is 0.422 e. The molecule has 0 bridgehead atoms. The lowest BCUT2D eigenvalue weighted by Gasteiger charge is -2.26. The fourth-order valence-electron chi connectivity index (χ4n) is 5.33. The number of benzene rings is 1. The van der Waals surface area contributed by atoms with Gasteiger partial charge in [-0.05, 0) is 44.2 Å². The highest BCUT2D eigenvalue weighted by Gasteiger charge is 2.53. The molecule has 2 rings (SSSR count). The molecular weight excluding hydrogens is 612 g/mol. The van der Waals surface area contributed by atoms with Gasteiger partial charge in [0.2, 0.25) is 5.91 Å². The molecule has 0 heterocycles. The molecule has 0 saturated heterocycles. The number of unbranched alkanes of at least 4 members (excludes halogenated alkanes) is 2. The number of nitrogens with one attached hydrogen (secondary N) is 3. The number of ether oxygens (including phenoxy) is 2. The monoisotopic (exact) mass is 662 g/mol. The zero-order valence-corrected chi connectivity index (χ0v) is 27.9. The summed E-state index contributed by atoms with van der Waals surface area (Å²) in [6, 6.07) is 3.66. The van der Waals surface area contributed by atoms with Crippen LogP contribution in [0.25, 0.3) is 0 Å². The van der Waals surface area contributed by atoms with Crippen molar-refractivity contribution < 1.29 is 41.9 Å². The summed E-state index contributed by atoms with van der Waals surface area (Å²) in [5.41, 5.74) is 6.11. The predicted octanol–water partition coefficient (Wildman–Crippen LogP) is 6.14. The molecule has 1 aromatic carbocycles. The number of alkyl halides is 3. The van der Waals surface area contributed by atoms with Gasteiger partial charge in [-0.3, -0.25) is 9.59 Å². The number of hydrogen-bond acceptors (Lipinski definition) is 8. The highest BCUT2D eigenvalue weighted by Crippen LogP contribution is 2.49. The number of nitrogen functional groups attached to an aromatic ring is 1. The third-order valence-electron chi connectivity index (χ3n) is 8.24. The van der Waals surface area contributed by atoms with Crippen molar-refractivity contribution in [3.63, 3.8) is 0 Å². The van der Waals surface area contributed by atoms with Crippen molar-refractivity contribution in [3.8, 4) is 5.75 Å². The maximum atomic E-state index is 12.6. The van der Waals surface area contributed by atoms with Gasteiger partial charge in [-0.1, -0.05) is 59.8 Å². The lowest BCUT2D eigenvalue weighted by atomic mass is 9.87. The highest BCUT2D eigenvalue weighted by atomic mass is 31.1. The molecule has 0 aromatic heterocycles. The number of hydrogen-bond donors (Lipinski definition) is 5. The van der Waals surface area contributed by atoms with Crippen molar-refractivity contribution in [1.82, 2.24) is 10.6 Å². The van der Waals surface area contributed by atoms with E-state index in [0.29, 0.717) is 12.1 Å². The van der Waals surface area contributed by atoms with Crippen molar-refractivity contribution in [2.75, 3.05) is 24.2 Å². The van der Waals surface area contributed by atoms with E-state index in [9.17, 15) is 32.4 Å². The Kier molecular flexibility index (Phi) is 15.2. The van der Waals surface area contributed by atoms with Crippen LogP contribution in [0.3, 0.4) is 0 Å². The fourth-order valence-corrected chi connectivity index (χ4v) is 5.88. The molecule has 3 unspecified atom stereocenters. The second kappa shape index (κ2) is 17.8. The summed E-state index contributed by atoms with van der Waals surface area (Å²) in [5, 5.41) is 8.45. The zero-order chi connectivity index (χ0) is 33.8. The lowest BCUT2D eigenvalue weighted by Crippen LogP contribution is -2.50. The molecule has 2 amide bonds. The van der Waals surface area contributed by atoms with Crippen LogP contribution in [0.2, 0.25) is 0 Å². The Morgan fingerprint density at radius 1 is 1.16 bits per heavy atom. The van der Waals surface area contributed by atoms with Gasteiger partial charge >= 0.3 is 12.3 Å². The first-order chi connectivity index (χ1) is 21.1. The number of rotatable bonds is 20. The molecule has 1 aromatic rings. The van der Waals surface area contributed by atoms with Crippen LogP contribution in [0.5, 0.6) is 5.75 Å². The first-order valence-corrected chi connectivity index (χ1v) is 16.7. The first kappa shape index (κ1) is 38.4. The van der Waals surface area contributed by atoms with Crippen LogP contribution in [0.1, 0.15) is 86.0 Å².